The van der Waals surface area contributed by atoms with Crippen LogP contribution in [0.25, 0.3) is 0 Å². The monoisotopic (exact) mass is 727 g/mol. The Hall–Kier alpha value is -3.59. The van der Waals surface area contributed by atoms with E-state index in [4.69, 9.17) is 9.47 Å². The van der Waals surface area contributed by atoms with Crippen LogP contribution in [0.2, 0.25) is 0 Å². The zero-order chi connectivity index (χ0) is 35.9. The first kappa shape index (κ1) is 39.2. The molecule has 3 heterocycles. The van der Waals surface area contributed by atoms with Gasteiger partial charge in [0, 0.05) is 63.3 Å². The van der Waals surface area contributed by atoms with E-state index in [1.807, 2.05) is 35.7 Å². The summed E-state index contributed by atoms with van der Waals surface area (Å²) >= 11 is 3.03. The maximum atomic E-state index is 14.1. The van der Waals surface area contributed by atoms with Crippen LogP contribution in [-0.2, 0) is 33.8 Å². The van der Waals surface area contributed by atoms with Gasteiger partial charge in [0.2, 0.25) is 5.91 Å². The maximum absolute atomic E-state index is 14.1. The Bertz CT molecular complexity index is 1450. The average molecular weight is 728 g/mol. The summed E-state index contributed by atoms with van der Waals surface area (Å²) in [4.78, 5) is 55.9. The van der Waals surface area contributed by atoms with Gasteiger partial charge < -0.3 is 29.9 Å². The SMILES string of the molecule is CC(C)CN(CC[C@H](Cc1ccccc1)NC(=O)[C@H](CCN1CCOCC1)NC(=O)N(C)Cc1csc(C(C)C)n1)C(=O)OCc1cncs1. The third-order valence-corrected chi connectivity index (χ3v) is 10.3. The number of carbonyl (C=O) groups is 3. The Morgan fingerprint density at radius 2 is 1.80 bits per heavy atom. The summed E-state index contributed by atoms with van der Waals surface area (Å²) in [5.41, 5.74) is 3.60. The van der Waals surface area contributed by atoms with Gasteiger partial charge >= 0.3 is 12.1 Å². The van der Waals surface area contributed by atoms with E-state index in [0.717, 1.165) is 34.2 Å². The van der Waals surface area contributed by atoms with Gasteiger partial charge in [-0.25, -0.2) is 14.6 Å². The molecule has 1 aliphatic rings. The highest BCUT2D eigenvalue weighted by atomic mass is 32.1. The molecule has 4 rings (SSSR count). The molecule has 2 N–H and O–H groups in total. The lowest BCUT2D eigenvalue weighted by atomic mass is 10.0. The van der Waals surface area contributed by atoms with E-state index >= 15 is 0 Å². The first-order valence-electron chi connectivity index (χ1n) is 17.5. The van der Waals surface area contributed by atoms with Crippen molar-refractivity contribution < 1.29 is 23.9 Å². The standard InChI is InChI=1S/C36H53N7O5S2/c1-26(2)21-43(36(46)48-23-31-20-37-25-50-31)14-11-29(19-28-9-7-6-8-10-28)38-33(44)32(12-13-42-15-17-47-18-16-42)40-35(45)41(5)22-30-24-49-34(39-30)27(3)4/h6-10,20,24-27,29,32H,11-19,21-23H2,1-5H3,(H,38,44)(H,40,45)/t29-,32+/m1/s1. The van der Waals surface area contributed by atoms with E-state index in [0.29, 0.717) is 64.6 Å². The van der Waals surface area contributed by atoms with Crippen molar-refractivity contribution in [3.63, 3.8) is 0 Å². The molecule has 0 aliphatic carbocycles. The third kappa shape index (κ3) is 13.3. The van der Waals surface area contributed by atoms with Gasteiger partial charge in [-0.05, 0) is 30.7 Å². The van der Waals surface area contributed by atoms with Gasteiger partial charge in [0.15, 0.2) is 0 Å². The van der Waals surface area contributed by atoms with Gasteiger partial charge in [-0.2, -0.15) is 0 Å². The van der Waals surface area contributed by atoms with E-state index in [1.165, 1.54) is 11.3 Å². The fraction of sp³-hybridized carbons (Fsp3) is 0.583. The molecular weight excluding hydrogens is 675 g/mol. The Labute approximate surface area is 304 Å². The van der Waals surface area contributed by atoms with Crippen LogP contribution in [0.15, 0.2) is 47.4 Å². The molecule has 1 saturated heterocycles. The molecule has 0 spiro atoms. The molecule has 4 amide bonds. The summed E-state index contributed by atoms with van der Waals surface area (Å²) in [7, 11) is 1.72. The Morgan fingerprint density at radius 1 is 1.04 bits per heavy atom. The molecule has 1 fully saturated rings. The van der Waals surface area contributed by atoms with Crippen molar-refractivity contribution in [3.05, 3.63) is 68.6 Å². The van der Waals surface area contributed by atoms with Crippen molar-refractivity contribution in [2.75, 3.05) is 53.0 Å². The van der Waals surface area contributed by atoms with Gasteiger partial charge in [0.05, 0.1) is 40.8 Å². The minimum atomic E-state index is -0.760. The van der Waals surface area contributed by atoms with E-state index in [9.17, 15) is 14.4 Å². The number of hydrogen-bond acceptors (Lipinski definition) is 10. The second-order valence-corrected chi connectivity index (χ2v) is 15.3. The van der Waals surface area contributed by atoms with E-state index in [1.54, 1.807) is 39.9 Å². The molecule has 274 valence electrons. The molecule has 3 aromatic rings. The Kier molecular flexibility index (Phi) is 15.9. The van der Waals surface area contributed by atoms with Crippen LogP contribution >= 0.6 is 22.7 Å². The molecule has 14 heteroatoms. The topological polar surface area (TPSA) is 129 Å². The number of benzene rings is 1. The molecule has 50 heavy (non-hydrogen) atoms. The second-order valence-electron chi connectivity index (χ2n) is 13.5. The van der Waals surface area contributed by atoms with Crippen molar-refractivity contribution in [3.8, 4) is 0 Å². The minimum absolute atomic E-state index is 0.169. The molecule has 0 radical (unpaired) electrons. The Morgan fingerprint density at radius 3 is 2.46 bits per heavy atom. The van der Waals surface area contributed by atoms with Crippen molar-refractivity contribution in [1.29, 1.82) is 0 Å². The quantitative estimate of drug-likeness (QED) is 0.179. The van der Waals surface area contributed by atoms with E-state index < -0.39 is 12.1 Å². The zero-order valence-corrected chi connectivity index (χ0v) is 31.6. The number of carbonyl (C=O) groups excluding carboxylic acids is 3. The lowest BCUT2D eigenvalue weighted by molar-refractivity contribution is -0.124. The number of amides is 4. The number of urea groups is 1. The number of thiazole rings is 2. The molecule has 2 aromatic heterocycles. The summed E-state index contributed by atoms with van der Waals surface area (Å²) in [5, 5.41) is 9.28. The summed E-state index contributed by atoms with van der Waals surface area (Å²) < 4.78 is 11.1. The van der Waals surface area contributed by atoms with Crippen LogP contribution in [0.5, 0.6) is 0 Å². The van der Waals surface area contributed by atoms with Gasteiger partial charge in [0.1, 0.15) is 12.6 Å². The molecule has 0 bridgehead atoms. The van der Waals surface area contributed by atoms with Crippen LogP contribution in [0, 0.1) is 5.92 Å². The molecule has 0 unspecified atom stereocenters. The lowest BCUT2D eigenvalue weighted by Crippen LogP contribution is -2.54. The first-order valence-corrected chi connectivity index (χ1v) is 19.2. The third-order valence-electron chi connectivity index (χ3n) is 8.35. The highest BCUT2D eigenvalue weighted by Crippen LogP contribution is 2.20. The number of aromatic nitrogens is 2. The number of nitrogens with one attached hydrogen (secondary N) is 2. The number of hydrogen-bond donors (Lipinski definition) is 2. The number of ether oxygens (including phenoxy) is 2. The van der Waals surface area contributed by atoms with Gasteiger partial charge in [-0.1, -0.05) is 58.0 Å². The first-order chi connectivity index (χ1) is 24.1. The fourth-order valence-electron chi connectivity index (χ4n) is 5.61. The van der Waals surface area contributed by atoms with Crippen LogP contribution in [-0.4, -0.2) is 108 Å². The average Bonchev–Trinajstić information content (AvgIpc) is 3.81. The predicted octanol–water partition coefficient (Wildman–Crippen LogP) is 5.37. The maximum Gasteiger partial charge on any atom is 0.410 e. The largest absolute Gasteiger partial charge is 0.444 e. The van der Waals surface area contributed by atoms with Crippen molar-refractivity contribution in [1.82, 2.24) is 35.3 Å². The predicted molar refractivity (Wildman–Crippen MR) is 197 cm³/mol. The van der Waals surface area contributed by atoms with Gasteiger partial charge in [0.25, 0.3) is 0 Å². The van der Waals surface area contributed by atoms with Crippen LogP contribution in [0.1, 0.15) is 67.6 Å². The van der Waals surface area contributed by atoms with Gasteiger partial charge in [-0.3, -0.25) is 14.7 Å². The molecule has 1 aliphatic heterocycles. The van der Waals surface area contributed by atoms with Crippen LogP contribution in [0.3, 0.4) is 0 Å². The number of rotatable bonds is 18. The highest BCUT2D eigenvalue weighted by molar-refractivity contribution is 7.09. The van der Waals surface area contributed by atoms with Gasteiger partial charge in [-0.15, -0.1) is 22.7 Å². The normalized spacial score (nSPS) is 14.7. The smallest absolute Gasteiger partial charge is 0.410 e. The van der Waals surface area contributed by atoms with Crippen molar-refractivity contribution in [2.45, 2.75) is 78.1 Å². The molecule has 12 nitrogen and oxygen atoms in total. The summed E-state index contributed by atoms with van der Waals surface area (Å²) in [5.74, 6) is 0.294. The van der Waals surface area contributed by atoms with Crippen LogP contribution < -0.4 is 10.6 Å². The molecule has 0 saturated carbocycles. The van der Waals surface area contributed by atoms with Crippen molar-refractivity contribution >= 4 is 40.7 Å². The van der Waals surface area contributed by atoms with E-state index in [-0.39, 0.29) is 30.5 Å². The van der Waals surface area contributed by atoms with E-state index in [2.05, 4.69) is 53.2 Å². The molecule has 2 atom stereocenters. The summed E-state index contributed by atoms with van der Waals surface area (Å²) in [6.45, 7) is 13.3. The van der Waals surface area contributed by atoms with Crippen LogP contribution in [0.4, 0.5) is 9.59 Å². The highest BCUT2D eigenvalue weighted by Gasteiger charge is 2.27. The Balaban J connectivity index is 1.45. The molecule has 1 aromatic carbocycles. The number of morpholine rings is 1. The zero-order valence-electron chi connectivity index (χ0n) is 30.0. The van der Waals surface area contributed by atoms with Crippen molar-refractivity contribution in [2.24, 2.45) is 5.92 Å². The summed E-state index contributed by atoms with van der Waals surface area (Å²) in [6, 6.07) is 8.59. The fourth-order valence-corrected chi connectivity index (χ4v) is 6.94. The minimum Gasteiger partial charge on any atom is -0.444 e. The lowest BCUT2D eigenvalue weighted by Gasteiger charge is -2.30. The molecular formula is C36H53N7O5S2. The second kappa shape index (κ2) is 20.3. The summed E-state index contributed by atoms with van der Waals surface area (Å²) in [6.07, 6.45) is 2.83. The number of nitrogens with zero attached hydrogens (tertiary/aromatic N) is 5.